The van der Waals surface area contributed by atoms with Gasteiger partial charge in [-0.15, -0.1) is 0 Å². The van der Waals surface area contributed by atoms with Crippen molar-refractivity contribution in [2.45, 2.75) is 31.8 Å². The predicted octanol–water partition coefficient (Wildman–Crippen LogP) is 4.06. The number of sulfonamides is 1. The molecule has 0 bridgehead atoms. The first-order valence-corrected chi connectivity index (χ1v) is 11.5. The normalized spacial score (nSPS) is 17.6. The van der Waals surface area contributed by atoms with Gasteiger partial charge in [-0.05, 0) is 54.8 Å². The number of amides is 1. The Hall–Kier alpha value is -1.41. The lowest BCUT2D eigenvalue weighted by atomic mass is 10.0. The van der Waals surface area contributed by atoms with Crippen LogP contribution in [0.4, 0.5) is 5.69 Å². The van der Waals surface area contributed by atoms with Crippen molar-refractivity contribution in [3.05, 3.63) is 63.1 Å². The van der Waals surface area contributed by atoms with Gasteiger partial charge in [0.25, 0.3) is 0 Å². The third kappa shape index (κ3) is 4.90. The van der Waals surface area contributed by atoms with Crippen LogP contribution in [-0.4, -0.2) is 26.6 Å². The number of carbonyl (C=O) groups excluding carboxylic acids is 1. The molecule has 0 aromatic heterocycles. The Kier molecular flexibility index (Phi) is 5.96. The molecule has 144 valence electrons. The molecule has 1 heterocycles. The SMILES string of the molecule is CC1Cc2cc(Br)ccc2N1C(=O)CC(NS(C)(=O)=O)c1ccc(Cl)cc1. The summed E-state index contributed by atoms with van der Waals surface area (Å²) in [5.41, 5.74) is 2.68. The minimum atomic E-state index is -3.49. The molecule has 0 saturated carbocycles. The number of anilines is 1. The van der Waals surface area contributed by atoms with Crippen molar-refractivity contribution in [1.82, 2.24) is 4.72 Å². The maximum Gasteiger partial charge on any atom is 0.229 e. The number of benzene rings is 2. The molecule has 5 nitrogen and oxygen atoms in total. The molecule has 2 aromatic carbocycles. The van der Waals surface area contributed by atoms with Crippen LogP contribution < -0.4 is 9.62 Å². The molecule has 2 atom stereocenters. The fourth-order valence-electron chi connectivity index (χ4n) is 3.43. The molecule has 0 aliphatic carbocycles. The molecule has 1 amide bonds. The molecule has 3 rings (SSSR count). The van der Waals surface area contributed by atoms with E-state index in [1.807, 2.05) is 25.1 Å². The average Bonchev–Trinajstić information content (AvgIpc) is 2.88. The highest BCUT2D eigenvalue weighted by atomic mass is 79.9. The highest BCUT2D eigenvalue weighted by molar-refractivity contribution is 9.10. The van der Waals surface area contributed by atoms with E-state index >= 15 is 0 Å². The second kappa shape index (κ2) is 7.91. The van der Waals surface area contributed by atoms with E-state index in [-0.39, 0.29) is 18.4 Å². The molecule has 0 spiro atoms. The standard InChI is InChI=1S/C19H20BrClN2O3S/c1-12-9-14-10-15(20)5-8-18(14)23(12)19(24)11-17(22-27(2,25)26)13-3-6-16(21)7-4-13/h3-8,10,12,17,22H,9,11H2,1-2H3. The fraction of sp³-hybridized carbons (Fsp3) is 0.316. The van der Waals surface area contributed by atoms with Gasteiger partial charge in [0.2, 0.25) is 15.9 Å². The number of nitrogens with one attached hydrogen (secondary N) is 1. The van der Waals surface area contributed by atoms with Crippen LogP contribution in [0.2, 0.25) is 5.02 Å². The van der Waals surface area contributed by atoms with E-state index in [1.165, 1.54) is 0 Å². The van der Waals surface area contributed by atoms with E-state index in [2.05, 4.69) is 20.7 Å². The number of nitrogens with zero attached hydrogens (tertiary/aromatic N) is 1. The Morgan fingerprint density at radius 3 is 2.59 bits per heavy atom. The molecule has 1 N–H and O–H groups in total. The molecular formula is C19H20BrClN2O3S. The van der Waals surface area contributed by atoms with Crippen LogP contribution in [0.25, 0.3) is 0 Å². The summed E-state index contributed by atoms with van der Waals surface area (Å²) in [7, 11) is -3.49. The zero-order valence-electron chi connectivity index (χ0n) is 14.9. The van der Waals surface area contributed by atoms with Crippen LogP contribution in [0.3, 0.4) is 0 Å². The van der Waals surface area contributed by atoms with Gasteiger partial charge in [0, 0.05) is 27.6 Å². The lowest BCUT2D eigenvalue weighted by Crippen LogP contribution is -2.39. The molecule has 2 aromatic rings. The van der Waals surface area contributed by atoms with Crippen LogP contribution in [0, 0.1) is 0 Å². The van der Waals surface area contributed by atoms with E-state index < -0.39 is 16.1 Å². The topological polar surface area (TPSA) is 66.5 Å². The smallest absolute Gasteiger partial charge is 0.229 e. The summed E-state index contributed by atoms with van der Waals surface area (Å²) in [4.78, 5) is 14.9. The number of halogens is 2. The van der Waals surface area contributed by atoms with E-state index in [0.29, 0.717) is 10.6 Å². The largest absolute Gasteiger partial charge is 0.309 e. The highest BCUT2D eigenvalue weighted by Gasteiger charge is 2.32. The van der Waals surface area contributed by atoms with Crippen molar-refractivity contribution in [3.63, 3.8) is 0 Å². The molecule has 1 aliphatic rings. The van der Waals surface area contributed by atoms with Gasteiger partial charge in [-0.2, -0.15) is 0 Å². The molecule has 0 radical (unpaired) electrons. The van der Waals surface area contributed by atoms with E-state index in [9.17, 15) is 13.2 Å². The molecular weight excluding hydrogens is 452 g/mol. The summed E-state index contributed by atoms with van der Waals surface area (Å²) in [5, 5.41) is 0.552. The summed E-state index contributed by atoms with van der Waals surface area (Å²) in [6.45, 7) is 1.99. The van der Waals surface area contributed by atoms with Gasteiger partial charge >= 0.3 is 0 Å². The summed E-state index contributed by atoms with van der Waals surface area (Å²) in [6, 6.07) is 12.0. The molecule has 0 saturated heterocycles. The first kappa shape index (κ1) is 20.3. The number of hydrogen-bond acceptors (Lipinski definition) is 3. The quantitative estimate of drug-likeness (QED) is 0.715. The third-order valence-corrected chi connectivity index (χ3v) is 5.99. The van der Waals surface area contributed by atoms with Crippen molar-refractivity contribution < 1.29 is 13.2 Å². The molecule has 27 heavy (non-hydrogen) atoms. The second-order valence-electron chi connectivity index (χ2n) is 6.79. The number of carbonyl (C=O) groups is 1. The van der Waals surface area contributed by atoms with E-state index in [0.717, 1.165) is 28.4 Å². The summed E-state index contributed by atoms with van der Waals surface area (Å²) in [5.74, 6) is -0.125. The third-order valence-electron chi connectivity index (χ3n) is 4.53. The van der Waals surface area contributed by atoms with Crippen molar-refractivity contribution in [2.75, 3.05) is 11.2 Å². The Morgan fingerprint density at radius 1 is 1.30 bits per heavy atom. The van der Waals surface area contributed by atoms with Gasteiger partial charge in [-0.1, -0.05) is 39.7 Å². The van der Waals surface area contributed by atoms with Crippen molar-refractivity contribution in [3.8, 4) is 0 Å². The van der Waals surface area contributed by atoms with Gasteiger partial charge in [0.05, 0.1) is 12.3 Å². The first-order chi connectivity index (χ1) is 12.6. The maximum atomic E-state index is 13.1. The fourth-order valence-corrected chi connectivity index (χ4v) is 4.70. The molecule has 2 unspecified atom stereocenters. The van der Waals surface area contributed by atoms with Gasteiger partial charge in [0.1, 0.15) is 0 Å². The predicted molar refractivity (Wildman–Crippen MR) is 112 cm³/mol. The van der Waals surface area contributed by atoms with E-state index in [4.69, 9.17) is 11.6 Å². The monoisotopic (exact) mass is 470 g/mol. The van der Waals surface area contributed by atoms with Crippen LogP contribution in [-0.2, 0) is 21.2 Å². The van der Waals surface area contributed by atoms with Crippen LogP contribution >= 0.6 is 27.5 Å². The Labute approximate surface area is 172 Å². The first-order valence-electron chi connectivity index (χ1n) is 8.47. The van der Waals surface area contributed by atoms with Crippen LogP contribution in [0.1, 0.15) is 30.5 Å². The van der Waals surface area contributed by atoms with Gasteiger partial charge in [-0.25, -0.2) is 13.1 Å². The van der Waals surface area contributed by atoms with Crippen molar-refractivity contribution in [2.24, 2.45) is 0 Å². The lowest BCUT2D eigenvalue weighted by Gasteiger charge is -2.26. The minimum Gasteiger partial charge on any atom is -0.309 e. The summed E-state index contributed by atoms with van der Waals surface area (Å²) < 4.78 is 27.2. The highest BCUT2D eigenvalue weighted by Crippen LogP contribution is 2.35. The Bertz CT molecular complexity index is 963. The van der Waals surface area contributed by atoms with Crippen molar-refractivity contribution in [1.29, 1.82) is 0 Å². The number of fused-ring (bicyclic) bond motifs is 1. The van der Waals surface area contributed by atoms with Gasteiger partial charge in [0.15, 0.2) is 0 Å². The summed E-state index contributed by atoms with van der Waals surface area (Å²) in [6.07, 6.45) is 1.88. The number of hydrogen-bond donors (Lipinski definition) is 1. The molecule has 0 fully saturated rings. The Morgan fingerprint density at radius 2 is 1.96 bits per heavy atom. The summed E-state index contributed by atoms with van der Waals surface area (Å²) >= 11 is 9.39. The molecule has 8 heteroatoms. The number of rotatable bonds is 5. The van der Waals surface area contributed by atoms with Gasteiger partial charge in [-0.3, -0.25) is 4.79 Å². The molecule has 1 aliphatic heterocycles. The zero-order valence-corrected chi connectivity index (χ0v) is 18.1. The Balaban J connectivity index is 1.87. The second-order valence-corrected chi connectivity index (χ2v) is 9.92. The lowest BCUT2D eigenvalue weighted by molar-refractivity contribution is -0.119. The van der Waals surface area contributed by atoms with Crippen LogP contribution in [0.5, 0.6) is 0 Å². The van der Waals surface area contributed by atoms with E-state index in [1.54, 1.807) is 29.2 Å². The zero-order chi connectivity index (χ0) is 19.8. The maximum absolute atomic E-state index is 13.1. The minimum absolute atomic E-state index is 0.0194. The average molecular weight is 472 g/mol. The van der Waals surface area contributed by atoms with Crippen molar-refractivity contribution >= 4 is 49.1 Å². The van der Waals surface area contributed by atoms with Crippen LogP contribution in [0.15, 0.2) is 46.9 Å². The van der Waals surface area contributed by atoms with Gasteiger partial charge < -0.3 is 4.90 Å².